The Kier molecular flexibility index (Phi) is 4.35. The molecule has 0 aliphatic rings. The molecular weight excluding hydrogens is 178 g/mol. The Morgan fingerprint density at radius 2 is 2.36 bits per heavy atom. The largest absolute Gasteiger partial charge is 0.395 e. The molecule has 0 aliphatic heterocycles. The Morgan fingerprint density at radius 3 is 3.00 bits per heavy atom. The molecule has 0 saturated heterocycles. The van der Waals surface area contributed by atoms with Crippen molar-refractivity contribution in [2.45, 2.75) is 6.54 Å². The van der Waals surface area contributed by atoms with Crippen molar-refractivity contribution in [3.63, 3.8) is 0 Å². The summed E-state index contributed by atoms with van der Waals surface area (Å²) < 4.78 is 0. The first-order chi connectivity index (χ1) is 6.77. The van der Waals surface area contributed by atoms with Crippen LogP contribution in [0.4, 0.5) is 5.82 Å². The lowest BCUT2D eigenvalue weighted by atomic mass is 10.2. The van der Waals surface area contributed by atoms with E-state index in [1.807, 2.05) is 26.2 Å². The molecule has 0 atom stereocenters. The number of likely N-dealkylation sites (N-methyl/N-ethyl adjacent to an activating group) is 1. The van der Waals surface area contributed by atoms with Crippen LogP contribution in [0.5, 0.6) is 0 Å². The molecule has 0 aliphatic carbocycles. The molecule has 0 spiro atoms. The minimum Gasteiger partial charge on any atom is -0.395 e. The number of nitrogens with one attached hydrogen (secondary N) is 1. The van der Waals surface area contributed by atoms with E-state index in [0.717, 1.165) is 17.9 Å². The smallest absolute Gasteiger partial charge is 0.130 e. The minimum absolute atomic E-state index is 0.186. The predicted molar refractivity (Wildman–Crippen MR) is 57.2 cm³/mol. The zero-order chi connectivity index (χ0) is 10.4. The third-order valence-corrected chi connectivity index (χ3v) is 2.05. The lowest BCUT2D eigenvalue weighted by Gasteiger charge is -2.16. The third-order valence-electron chi connectivity index (χ3n) is 2.05. The van der Waals surface area contributed by atoms with E-state index in [0.29, 0.717) is 6.54 Å². The number of aromatic nitrogens is 1. The van der Waals surface area contributed by atoms with Crippen molar-refractivity contribution < 1.29 is 5.11 Å². The molecule has 0 aromatic carbocycles. The average Bonchev–Trinajstić information content (AvgIpc) is 2.19. The Bertz CT molecular complexity index is 278. The lowest BCUT2D eigenvalue weighted by Crippen LogP contribution is -2.22. The maximum Gasteiger partial charge on any atom is 0.130 e. The fourth-order valence-corrected chi connectivity index (χ4v) is 1.33. The van der Waals surface area contributed by atoms with Gasteiger partial charge in [0.15, 0.2) is 0 Å². The molecule has 78 valence electrons. The second-order valence-corrected chi connectivity index (χ2v) is 3.22. The number of hydrogen-bond acceptors (Lipinski definition) is 4. The first kappa shape index (κ1) is 10.9. The zero-order valence-corrected chi connectivity index (χ0v) is 8.70. The van der Waals surface area contributed by atoms with Crippen LogP contribution in [-0.2, 0) is 6.54 Å². The van der Waals surface area contributed by atoms with E-state index in [-0.39, 0.29) is 6.61 Å². The summed E-state index contributed by atoms with van der Waals surface area (Å²) >= 11 is 0. The standard InChI is InChI=1S/C10H17N3O/c1-11-10-9(4-3-5-12-10)8-13(2)6-7-14/h3-5,14H,6-8H2,1-2H3,(H,11,12). The molecule has 1 heterocycles. The van der Waals surface area contributed by atoms with Crippen molar-refractivity contribution in [1.29, 1.82) is 0 Å². The summed E-state index contributed by atoms with van der Waals surface area (Å²) in [7, 11) is 3.83. The van der Waals surface area contributed by atoms with E-state index in [9.17, 15) is 0 Å². The number of pyridine rings is 1. The highest BCUT2D eigenvalue weighted by atomic mass is 16.3. The summed E-state index contributed by atoms with van der Waals surface area (Å²) in [6.07, 6.45) is 1.77. The van der Waals surface area contributed by atoms with Crippen LogP contribution in [0.2, 0.25) is 0 Å². The van der Waals surface area contributed by atoms with Gasteiger partial charge < -0.3 is 10.4 Å². The number of anilines is 1. The Balaban J connectivity index is 2.65. The lowest BCUT2D eigenvalue weighted by molar-refractivity contribution is 0.217. The summed E-state index contributed by atoms with van der Waals surface area (Å²) in [6, 6.07) is 3.95. The van der Waals surface area contributed by atoms with Gasteiger partial charge in [0.2, 0.25) is 0 Å². The fourth-order valence-electron chi connectivity index (χ4n) is 1.33. The summed E-state index contributed by atoms with van der Waals surface area (Å²) in [6.45, 7) is 1.66. The quantitative estimate of drug-likeness (QED) is 0.720. The molecular formula is C10H17N3O. The van der Waals surface area contributed by atoms with Crippen LogP contribution >= 0.6 is 0 Å². The van der Waals surface area contributed by atoms with Gasteiger partial charge >= 0.3 is 0 Å². The first-order valence-corrected chi connectivity index (χ1v) is 4.69. The maximum atomic E-state index is 8.77. The maximum absolute atomic E-state index is 8.77. The van der Waals surface area contributed by atoms with Gasteiger partial charge in [0.1, 0.15) is 5.82 Å². The Labute approximate surface area is 84.6 Å². The molecule has 0 saturated carbocycles. The monoisotopic (exact) mass is 195 g/mol. The topological polar surface area (TPSA) is 48.4 Å². The number of aliphatic hydroxyl groups excluding tert-OH is 1. The number of nitrogens with zero attached hydrogens (tertiary/aromatic N) is 2. The Hall–Kier alpha value is -1.13. The summed E-state index contributed by atoms with van der Waals surface area (Å²) in [5.41, 5.74) is 1.14. The van der Waals surface area contributed by atoms with Crippen LogP contribution in [0.15, 0.2) is 18.3 Å². The first-order valence-electron chi connectivity index (χ1n) is 4.69. The van der Waals surface area contributed by atoms with Crippen LogP contribution in [0.1, 0.15) is 5.56 Å². The molecule has 0 fully saturated rings. The van der Waals surface area contributed by atoms with Crippen molar-refractivity contribution >= 4 is 5.82 Å². The van der Waals surface area contributed by atoms with Crippen LogP contribution in [0.3, 0.4) is 0 Å². The van der Waals surface area contributed by atoms with Gasteiger partial charge in [0.25, 0.3) is 0 Å². The van der Waals surface area contributed by atoms with Crippen molar-refractivity contribution in [2.75, 3.05) is 32.6 Å². The number of rotatable bonds is 5. The van der Waals surface area contributed by atoms with E-state index < -0.39 is 0 Å². The highest BCUT2D eigenvalue weighted by Crippen LogP contribution is 2.12. The summed E-state index contributed by atoms with van der Waals surface area (Å²) in [5, 5.41) is 11.8. The molecule has 0 radical (unpaired) electrons. The molecule has 4 heteroatoms. The second-order valence-electron chi connectivity index (χ2n) is 3.22. The third kappa shape index (κ3) is 2.97. The highest BCUT2D eigenvalue weighted by Gasteiger charge is 2.04. The number of hydrogen-bond donors (Lipinski definition) is 2. The van der Waals surface area contributed by atoms with Gasteiger partial charge in [0, 0.05) is 31.9 Å². The van der Waals surface area contributed by atoms with Gasteiger partial charge in [-0.15, -0.1) is 0 Å². The van der Waals surface area contributed by atoms with Gasteiger partial charge in [0.05, 0.1) is 6.61 Å². The molecule has 0 bridgehead atoms. The minimum atomic E-state index is 0.186. The molecule has 1 aromatic heterocycles. The van der Waals surface area contributed by atoms with E-state index in [4.69, 9.17) is 5.11 Å². The normalized spacial score (nSPS) is 10.6. The average molecular weight is 195 g/mol. The molecule has 14 heavy (non-hydrogen) atoms. The van der Waals surface area contributed by atoms with E-state index in [2.05, 4.69) is 15.2 Å². The van der Waals surface area contributed by atoms with E-state index >= 15 is 0 Å². The van der Waals surface area contributed by atoms with E-state index in [1.54, 1.807) is 6.20 Å². The summed E-state index contributed by atoms with van der Waals surface area (Å²) in [4.78, 5) is 6.26. The van der Waals surface area contributed by atoms with Crippen LogP contribution in [0.25, 0.3) is 0 Å². The van der Waals surface area contributed by atoms with Gasteiger partial charge in [-0.2, -0.15) is 0 Å². The van der Waals surface area contributed by atoms with Crippen LogP contribution in [0, 0.1) is 0 Å². The van der Waals surface area contributed by atoms with Gasteiger partial charge in [-0.25, -0.2) is 4.98 Å². The van der Waals surface area contributed by atoms with Crippen molar-refractivity contribution in [3.05, 3.63) is 23.9 Å². The highest BCUT2D eigenvalue weighted by molar-refractivity contribution is 5.42. The molecule has 1 rings (SSSR count). The van der Waals surface area contributed by atoms with Crippen molar-refractivity contribution in [3.8, 4) is 0 Å². The van der Waals surface area contributed by atoms with Gasteiger partial charge in [-0.3, -0.25) is 4.90 Å². The second kappa shape index (κ2) is 5.57. The molecule has 0 unspecified atom stereocenters. The SMILES string of the molecule is CNc1ncccc1CN(C)CCO. The van der Waals surface area contributed by atoms with Crippen molar-refractivity contribution in [1.82, 2.24) is 9.88 Å². The van der Waals surface area contributed by atoms with Crippen LogP contribution in [-0.4, -0.2) is 42.2 Å². The number of aliphatic hydroxyl groups is 1. The summed E-state index contributed by atoms with van der Waals surface area (Å²) in [5.74, 6) is 0.900. The predicted octanol–water partition coefficient (Wildman–Crippen LogP) is 0.547. The molecule has 0 amide bonds. The molecule has 2 N–H and O–H groups in total. The fraction of sp³-hybridized carbons (Fsp3) is 0.500. The van der Waals surface area contributed by atoms with Gasteiger partial charge in [-0.05, 0) is 13.1 Å². The Morgan fingerprint density at radius 1 is 1.57 bits per heavy atom. The van der Waals surface area contributed by atoms with Crippen molar-refractivity contribution in [2.24, 2.45) is 0 Å². The molecule has 4 nitrogen and oxygen atoms in total. The zero-order valence-electron chi connectivity index (χ0n) is 8.70. The van der Waals surface area contributed by atoms with Crippen LogP contribution < -0.4 is 5.32 Å². The van der Waals surface area contributed by atoms with E-state index in [1.165, 1.54) is 0 Å². The van der Waals surface area contributed by atoms with Gasteiger partial charge in [-0.1, -0.05) is 6.07 Å². The molecule has 1 aromatic rings.